The van der Waals surface area contributed by atoms with Gasteiger partial charge in [-0.25, -0.2) is 4.39 Å². The zero-order valence-electron chi connectivity index (χ0n) is 7.58. The monoisotopic (exact) mass is 260 g/mol. The van der Waals surface area contributed by atoms with E-state index in [0.29, 0.717) is 4.34 Å². The van der Waals surface area contributed by atoms with Crippen LogP contribution in [0.2, 0.25) is 4.34 Å². The second kappa shape index (κ2) is 4.52. The number of hydrogen-bond donors (Lipinski definition) is 0. The van der Waals surface area contributed by atoms with Crippen molar-refractivity contribution in [2.24, 2.45) is 0 Å². The van der Waals surface area contributed by atoms with Crippen LogP contribution < -0.4 is 0 Å². The van der Waals surface area contributed by atoms with E-state index in [0.717, 1.165) is 10.4 Å². The van der Waals surface area contributed by atoms with Crippen molar-refractivity contribution in [3.63, 3.8) is 0 Å². The molecule has 78 valence electrons. The van der Waals surface area contributed by atoms with E-state index in [-0.39, 0.29) is 11.2 Å². The third-order valence-electron chi connectivity index (χ3n) is 2.01. The van der Waals surface area contributed by atoms with Gasteiger partial charge < -0.3 is 0 Å². The van der Waals surface area contributed by atoms with Crippen molar-refractivity contribution < 1.29 is 4.39 Å². The molecule has 0 bridgehead atoms. The van der Waals surface area contributed by atoms with Gasteiger partial charge in [-0.1, -0.05) is 23.7 Å². The maximum Gasteiger partial charge on any atom is 0.123 e. The number of halogens is 3. The molecular formula is C11H7Cl2FS. The molecule has 0 N–H and O–H groups in total. The topological polar surface area (TPSA) is 0 Å². The molecule has 0 aliphatic heterocycles. The molecule has 1 unspecified atom stereocenters. The Bertz CT molecular complexity index is 450. The Hall–Kier alpha value is -0.570. The van der Waals surface area contributed by atoms with Gasteiger partial charge in [-0.05, 0) is 29.8 Å². The van der Waals surface area contributed by atoms with Crippen LogP contribution in [0.5, 0.6) is 0 Å². The van der Waals surface area contributed by atoms with E-state index in [1.54, 1.807) is 18.2 Å². The summed E-state index contributed by atoms with van der Waals surface area (Å²) in [5, 5.41) is -0.261. The molecule has 2 rings (SSSR count). The normalized spacial score (nSPS) is 12.7. The number of hydrogen-bond acceptors (Lipinski definition) is 1. The van der Waals surface area contributed by atoms with Crippen LogP contribution >= 0.6 is 34.5 Å². The summed E-state index contributed by atoms with van der Waals surface area (Å²) < 4.78 is 13.4. The van der Waals surface area contributed by atoms with E-state index in [1.807, 2.05) is 6.07 Å². The molecule has 0 nitrogen and oxygen atoms in total. The molecule has 2 aromatic rings. The first-order valence-corrected chi connectivity index (χ1v) is 5.94. The van der Waals surface area contributed by atoms with Crippen LogP contribution in [-0.2, 0) is 0 Å². The van der Waals surface area contributed by atoms with Gasteiger partial charge in [0.1, 0.15) is 5.82 Å². The average Bonchev–Trinajstić information content (AvgIpc) is 2.65. The van der Waals surface area contributed by atoms with E-state index in [4.69, 9.17) is 23.2 Å². The van der Waals surface area contributed by atoms with Crippen LogP contribution in [0.3, 0.4) is 0 Å². The molecule has 0 saturated heterocycles. The first kappa shape index (κ1) is 10.9. The molecule has 0 saturated carbocycles. The summed E-state index contributed by atoms with van der Waals surface area (Å²) >= 11 is 13.5. The second-order valence-electron chi connectivity index (χ2n) is 3.06. The lowest BCUT2D eigenvalue weighted by Gasteiger charge is -2.06. The molecule has 15 heavy (non-hydrogen) atoms. The summed E-state index contributed by atoms with van der Waals surface area (Å²) in [5.41, 5.74) is 0.872. The largest absolute Gasteiger partial charge is 0.207 e. The molecule has 1 aromatic carbocycles. The van der Waals surface area contributed by atoms with Gasteiger partial charge in [-0.2, -0.15) is 0 Å². The van der Waals surface area contributed by atoms with Crippen molar-refractivity contribution in [2.75, 3.05) is 0 Å². The minimum atomic E-state index is -0.261. The number of benzene rings is 1. The highest BCUT2D eigenvalue weighted by molar-refractivity contribution is 7.16. The zero-order valence-corrected chi connectivity index (χ0v) is 9.91. The van der Waals surface area contributed by atoms with Gasteiger partial charge in [-0.15, -0.1) is 22.9 Å². The summed E-state index contributed by atoms with van der Waals surface area (Å²) in [4.78, 5) is 0.966. The minimum Gasteiger partial charge on any atom is -0.207 e. The Morgan fingerprint density at radius 2 is 1.73 bits per heavy atom. The van der Waals surface area contributed by atoms with Crippen LogP contribution in [0.15, 0.2) is 36.4 Å². The highest BCUT2D eigenvalue weighted by Crippen LogP contribution is 2.35. The Morgan fingerprint density at radius 3 is 2.27 bits per heavy atom. The molecule has 1 heterocycles. The number of rotatable bonds is 2. The zero-order chi connectivity index (χ0) is 10.8. The van der Waals surface area contributed by atoms with Crippen LogP contribution in [0.1, 0.15) is 15.8 Å². The average molecular weight is 261 g/mol. The summed E-state index contributed by atoms with van der Waals surface area (Å²) in [6.07, 6.45) is 0. The van der Waals surface area contributed by atoms with E-state index >= 15 is 0 Å². The summed E-state index contributed by atoms with van der Waals surface area (Å²) in [6, 6.07) is 9.86. The number of alkyl halides is 1. The van der Waals surface area contributed by atoms with Crippen molar-refractivity contribution in [1.29, 1.82) is 0 Å². The third kappa shape index (κ3) is 2.51. The standard InChI is InChI=1S/C11H7Cl2FS/c12-10-6-5-9(15-10)11(13)7-1-3-8(14)4-2-7/h1-6,11H. The second-order valence-corrected chi connectivity index (χ2v) is 5.24. The molecule has 1 aromatic heterocycles. The van der Waals surface area contributed by atoms with Gasteiger partial charge in [0, 0.05) is 4.88 Å². The van der Waals surface area contributed by atoms with Gasteiger partial charge in [0.2, 0.25) is 0 Å². The van der Waals surface area contributed by atoms with Gasteiger partial charge in [0.05, 0.1) is 9.71 Å². The van der Waals surface area contributed by atoms with Crippen LogP contribution in [0.25, 0.3) is 0 Å². The highest BCUT2D eigenvalue weighted by atomic mass is 35.5. The molecular weight excluding hydrogens is 254 g/mol. The lowest BCUT2D eigenvalue weighted by atomic mass is 10.1. The van der Waals surface area contributed by atoms with Gasteiger partial charge in [-0.3, -0.25) is 0 Å². The Kier molecular flexibility index (Phi) is 3.29. The lowest BCUT2D eigenvalue weighted by molar-refractivity contribution is 0.627. The molecule has 0 radical (unpaired) electrons. The summed E-state index contributed by atoms with van der Waals surface area (Å²) in [5.74, 6) is -0.258. The fourth-order valence-electron chi connectivity index (χ4n) is 1.26. The van der Waals surface area contributed by atoms with Crippen LogP contribution in [0.4, 0.5) is 4.39 Å². The van der Waals surface area contributed by atoms with E-state index in [1.165, 1.54) is 23.5 Å². The van der Waals surface area contributed by atoms with E-state index < -0.39 is 0 Å². The first-order valence-electron chi connectivity index (χ1n) is 4.31. The molecule has 0 aliphatic carbocycles. The predicted molar refractivity (Wildman–Crippen MR) is 63.4 cm³/mol. The van der Waals surface area contributed by atoms with Crippen molar-refractivity contribution in [3.05, 3.63) is 57.0 Å². The number of thiophene rings is 1. The summed E-state index contributed by atoms with van der Waals surface area (Å²) in [7, 11) is 0. The Balaban J connectivity index is 2.28. The van der Waals surface area contributed by atoms with E-state index in [9.17, 15) is 4.39 Å². The fourth-order valence-corrected chi connectivity index (χ4v) is 2.68. The molecule has 0 amide bonds. The Labute approximate surface area is 101 Å². The molecule has 0 fully saturated rings. The van der Waals surface area contributed by atoms with Gasteiger partial charge in [0.15, 0.2) is 0 Å². The van der Waals surface area contributed by atoms with E-state index in [2.05, 4.69) is 0 Å². The molecule has 0 aliphatic rings. The smallest absolute Gasteiger partial charge is 0.123 e. The van der Waals surface area contributed by atoms with Gasteiger partial charge in [0.25, 0.3) is 0 Å². The fraction of sp³-hybridized carbons (Fsp3) is 0.0909. The van der Waals surface area contributed by atoms with Crippen molar-refractivity contribution >= 4 is 34.5 Å². The van der Waals surface area contributed by atoms with Gasteiger partial charge >= 0.3 is 0 Å². The Morgan fingerprint density at radius 1 is 1.07 bits per heavy atom. The molecule has 4 heteroatoms. The molecule has 1 atom stereocenters. The van der Waals surface area contributed by atoms with Crippen LogP contribution in [-0.4, -0.2) is 0 Å². The van der Waals surface area contributed by atoms with Crippen molar-refractivity contribution in [3.8, 4) is 0 Å². The quantitative estimate of drug-likeness (QED) is 0.676. The predicted octanol–water partition coefficient (Wildman–Crippen LogP) is 4.87. The third-order valence-corrected chi connectivity index (χ3v) is 3.92. The first-order chi connectivity index (χ1) is 7.16. The van der Waals surface area contributed by atoms with Crippen molar-refractivity contribution in [2.45, 2.75) is 5.38 Å². The molecule has 0 spiro atoms. The maximum absolute atomic E-state index is 12.7. The highest BCUT2D eigenvalue weighted by Gasteiger charge is 2.12. The summed E-state index contributed by atoms with van der Waals surface area (Å²) in [6.45, 7) is 0. The van der Waals surface area contributed by atoms with Crippen molar-refractivity contribution in [1.82, 2.24) is 0 Å². The maximum atomic E-state index is 12.7. The lowest BCUT2D eigenvalue weighted by Crippen LogP contribution is -1.89. The SMILES string of the molecule is Fc1ccc(C(Cl)c2ccc(Cl)s2)cc1. The minimum absolute atomic E-state index is 0.258. The van der Waals surface area contributed by atoms with Crippen LogP contribution in [0, 0.1) is 5.82 Å².